The molecule has 4 rings (SSSR count). The van der Waals surface area contributed by atoms with E-state index >= 15 is 0 Å². The fourth-order valence-corrected chi connectivity index (χ4v) is 3.44. The Labute approximate surface area is 196 Å². The van der Waals surface area contributed by atoms with Crippen LogP contribution in [0.25, 0.3) is 10.9 Å². The van der Waals surface area contributed by atoms with Crippen molar-refractivity contribution in [3.63, 3.8) is 0 Å². The average molecular weight is 461 g/mol. The van der Waals surface area contributed by atoms with Gasteiger partial charge in [0.05, 0.1) is 36.7 Å². The van der Waals surface area contributed by atoms with Crippen molar-refractivity contribution in [2.75, 3.05) is 19.6 Å². The number of hydrogen-bond donors (Lipinski definition) is 2. The topological polar surface area (TPSA) is 84.8 Å². The largest absolute Gasteiger partial charge is 0.493 e. The second kappa shape index (κ2) is 10.0. The number of aromatic nitrogens is 1. The van der Waals surface area contributed by atoms with E-state index in [2.05, 4.69) is 20.8 Å². The van der Waals surface area contributed by atoms with Crippen LogP contribution in [0.2, 0.25) is 5.02 Å². The van der Waals surface area contributed by atoms with Crippen LogP contribution in [0.1, 0.15) is 15.9 Å². The van der Waals surface area contributed by atoms with Crippen LogP contribution in [0.4, 0.5) is 11.4 Å². The van der Waals surface area contributed by atoms with Gasteiger partial charge in [-0.25, -0.2) is 0 Å². The lowest BCUT2D eigenvalue weighted by Crippen LogP contribution is -2.29. The lowest BCUT2D eigenvalue weighted by Gasteiger charge is -2.12. The van der Waals surface area contributed by atoms with Crippen LogP contribution in [0, 0.1) is 0 Å². The van der Waals surface area contributed by atoms with Crippen LogP contribution in [0.3, 0.4) is 0 Å². The number of carbonyl (C=O) groups is 1. The number of hydrazine groups is 1. The summed E-state index contributed by atoms with van der Waals surface area (Å²) in [4.78, 5) is 21.7. The van der Waals surface area contributed by atoms with Gasteiger partial charge in [0.25, 0.3) is 5.91 Å². The van der Waals surface area contributed by atoms with Crippen molar-refractivity contribution in [2.24, 2.45) is 4.99 Å². The zero-order valence-corrected chi connectivity index (χ0v) is 18.8. The minimum Gasteiger partial charge on any atom is -0.493 e. The van der Waals surface area contributed by atoms with Crippen molar-refractivity contribution in [1.82, 2.24) is 10.4 Å². The molecule has 0 saturated carbocycles. The van der Waals surface area contributed by atoms with E-state index in [4.69, 9.17) is 21.1 Å². The minimum absolute atomic E-state index is 0.325. The van der Waals surface area contributed by atoms with Crippen LogP contribution < -0.4 is 20.3 Å². The van der Waals surface area contributed by atoms with Crippen LogP contribution >= 0.6 is 11.6 Å². The second-order valence-corrected chi connectivity index (χ2v) is 7.43. The number of methoxy groups -OCH3 is 2. The number of halogens is 1. The molecular weight excluding hydrogens is 440 g/mol. The normalized spacial score (nSPS) is 10.9. The minimum atomic E-state index is -0.325. The molecule has 0 aliphatic rings. The zero-order valence-electron chi connectivity index (χ0n) is 18.0. The van der Waals surface area contributed by atoms with E-state index in [0.29, 0.717) is 33.5 Å². The summed E-state index contributed by atoms with van der Waals surface area (Å²) in [6.45, 7) is 0. The SMILES string of the molecule is COc1ccc(C=Nc2ccccc2C(=O)NNc2ccnc3cc(Cl)ccc23)cc1OC. The van der Waals surface area contributed by atoms with Crippen molar-refractivity contribution in [1.29, 1.82) is 0 Å². The number of nitrogens with zero attached hydrogens (tertiary/aromatic N) is 2. The smallest absolute Gasteiger partial charge is 0.271 e. The van der Waals surface area contributed by atoms with Crippen molar-refractivity contribution in [3.05, 3.63) is 89.1 Å². The van der Waals surface area contributed by atoms with Gasteiger partial charge < -0.3 is 9.47 Å². The van der Waals surface area contributed by atoms with Gasteiger partial charge in [-0.15, -0.1) is 0 Å². The fraction of sp³-hybridized carbons (Fsp3) is 0.0800. The Morgan fingerprint density at radius 1 is 1.00 bits per heavy atom. The summed E-state index contributed by atoms with van der Waals surface area (Å²) in [5.41, 5.74) is 8.89. The summed E-state index contributed by atoms with van der Waals surface area (Å²) in [6.07, 6.45) is 3.32. The first-order chi connectivity index (χ1) is 16.1. The number of amides is 1. The molecule has 8 heteroatoms. The molecule has 1 aromatic heterocycles. The maximum absolute atomic E-state index is 12.9. The molecule has 1 amide bonds. The van der Waals surface area contributed by atoms with Crippen molar-refractivity contribution in [2.45, 2.75) is 0 Å². The predicted octanol–water partition coefficient (Wildman–Crippen LogP) is 5.41. The molecule has 0 spiro atoms. The number of carbonyl (C=O) groups excluding carboxylic acids is 1. The Morgan fingerprint density at radius 3 is 2.64 bits per heavy atom. The van der Waals surface area contributed by atoms with E-state index in [-0.39, 0.29) is 5.91 Å². The third-order valence-electron chi connectivity index (χ3n) is 4.92. The number of anilines is 1. The third kappa shape index (κ3) is 5.05. The number of benzene rings is 3. The highest BCUT2D eigenvalue weighted by Crippen LogP contribution is 2.28. The van der Waals surface area contributed by atoms with Crippen molar-refractivity contribution in [3.8, 4) is 11.5 Å². The predicted molar refractivity (Wildman–Crippen MR) is 131 cm³/mol. The lowest BCUT2D eigenvalue weighted by atomic mass is 10.1. The van der Waals surface area contributed by atoms with E-state index < -0.39 is 0 Å². The Kier molecular flexibility index (Phi) is 6.71. The van der Waals surface area contributed by atoms with E-state index in [0.717, 1.165) is 16.5 Å². The number of nitrogens with one attached hydrogen (secondary N) is 2. The molecule has 3 aromatic carbocycles. The van der Waals surface area contributed by atoms with E-state index in [9.17, 15) is 4.79 Å². The molecule has 7 nitrogen and oxygen atoms in total. The highest BCUT2D eigenvalue weighted by molar-refractivity contribution is 6.31. The molecule has 0 atom stereocenters. The number of para-hydroxylation sites is 1. The monoisotopic (exact) mass is 460 g/mol. The van der Waals surface area contributed by atoms with Crippen molar-refractivity contribution >= 4 is 46.0 Å². The summed E-state index contributed by atoms with van der Waals surface area (Å²) in [7, 11) is 3.16. The van der Waals surface area contributed by atoms with Crippen LogP contribution in [0.5, 0.6) is 11.5 Å². The molecule has 4 aromatic rings. The molecule has 0 saturated heterocycles. The summed E-state index contributed by atoms with van der Waals surface area (Å²) >= 11 is 6.05. The van der Waals surface area contributed by atoms with Gasteiger partial charge in [0.2, 0.25) is 0 Å². The van der Waals surface area contributed by atoms with Crippen molar-refractivity contribution < 1.29 is 14.3 Å². The molecule has 2 N–H and O–H groups in total. The summed E-state index contributed by atoms with van der Waals surface area (Å²) in [5, 5.41) is 1.43. The van der Waals surface area contributed by atoms with Gasteiger partial charge >= 0.3 is 0 Å². The molecule has 1 heterocycles. The number of pyridine rings is 1. The quantitative estimate of drug-likeness (QED) is 0.284. The number of ether oxygens (including phenoxy) is 2. The van der Waals surface area contributed by atoms with Crippen LogP contribution in [0.15, 0.2) is 77.9 Å². The molecule has 0 bridgehead atoms. The van der Waals surface area contributed by atoms with E-state index in [1.165, 1.54) is 0 Å². The Balaban J connectivity index is 1.53. The van der Waals surface area contributed by atoms with Gasteiger partial charge in [0, 0.05) is 22.8 Å². The van der Waals surface area contributed by atoms with Gasteiger partial charge in [-0.2, -0.15) is 0 Å². The summed E-state index contributed by atoms with van der Waals surface area (Å²) < 4.78 is 10.6. The number of rotatable bonds is 7. The van der Waals surface area contributed by atoms with Gasteiger partial charge in [-0.3, -0.25) is 25.6 Å². The molecule has 0 aliphatic carbocycles. The number of hydrogen-bond acceptors (Lipinski definition) is 6. The Hall–Kier alpha value is -4.10. The van der Waals surface area contributed by atoms with E-state index in [1.807, 2.05) is 24.3 Å². The first kappa shape index (κ1) is 22.1. The summed E-state index contributed by atoms with van der Waals surface area (Å²) in [5.74, 6) is 0.905. The van der Waals surface area contributed by atoms with Gasteiger partial charge in [-0.05, 0) is 60.2 Å². The highest BCUT2D eigenvalue weighted by Gasteiger charge is 2.11. The molecule has 0 unspecified atom stereocenters. The maximum Gasteiger partial charge on any atom is 0.271 e. The first-order valence-electron chi connectivity index (χ1n) is 10.0. The number of fused-ring (bicyclic) bond motifs is 1. The molecule has 33 heavy (non-hydrogen) atoms. The maximum atomic E-state index is 12.9. The van der Waals surface area contributed by atoms with E-state index in [1.54, 1.807) is 69.1 Å². The second-order valence-electron chi connectivity index (χ2n) is 6.99. The van der Waals surface area contributed by atoms with Crippen LogP contribution in [-0.4, -0.2) is 31.3 Å². The molecule has 0 radical (unpaired) electrons. The number of aliphatic imine (C=N–C) groups is 1. The lowest BCUT2D eigenvalue weighted by molar-refractivity contribution is 0.0963. The van der Waals surface area contributed by atoms with Gasteiger partial charge in [0.15, 0.2) is 11.5 Å². The molecule has 0 aliphatic heterocycles. The zero-order chi connectivity index (χ0) is 23.2. The fourth-order valence-electron chi connectivity index (χ4n) is 3.28. The molecule has 166 valence electrons. The Morgan fingerprint density at radius 2 is 1.82 bits per heavy atom. The molecular formula is C25H21ClN4O3. The average Bonchev–Trinajstić information content (AvgIpc) is 2.85. The Bertz CT molecular complexity index is 1340. The van der Waals surface area contributed by atoms with Gasteiger partial charge in [0.1, 0.15) is 0 Å². The highest BCUT2D eigenvalue weighted by atomic mass is 35.5. The van der Waals surface area contributed by atoms with Crippen LogP contribution in [-0.2, 0) is 0 Å². The summed E-state index contributed by atoms with van der Waals surface area (Å²) in [6, 6.07) is 19.7. The van der Waals surface area contributed by atoms with Gasteiger partial charge in [-0.1, -0.05) is 23.7 Å². The first-order valence-corrected chi connectivity index (χ1v) is 10.4. The third-order valence-corrected chi connectivity index (χ3v) is 5.16. The molecule has 0 fully saturated rings. The standard InChI is InChI=1S/C25H21ClN4O3/c1-32-23-10-7-16(13-24(23)33-2)15-28-20-6-4-3-5-19(20)25(31)30-29-21-11-12-27-22-14-17(26)8-9-18(21)22/h3-15H,1-2H3,(H,27,29)(H,30,31).